The quantitative estimate of drug-likeness (QED) is 0.705. The number of rotatable bonds is 8. The van der Waals surface area contributed by atoms with E-state index in [9.17, 15) is 4.79 Å². The van der Waals surface area contributed by atoms with Gasteiger partial charge in [-0.3, -0.25) is 9.69 Å². The van der Waals surface area contributed by atoms with E-state index in [-0.39, 0.29) is 5.91 Å². The number of aryl methyl sites for hydroxylation is 1. The average molecular weight is 386 g/mol. The van der Waals surface area contributed by atoms with E-state index in [4.69, 9.17) is 11.6 Å². The third-order valence-corrected chi connectivity index (χ3v) is 5.41. The van der Waals surface area contributed by atoms with E-state index in [1.54, 1.807) is 0 Å². The van der Waals surface area contributed by atoms with Gasteiger partial charge in [0.05, 0.1) is 0 Å². The maximum Gasteiger partial charge on any atom is 0.220 e. The zero-order chi connectivity index (χ0) is 18.9. The van der Waals surface area contributed by atoms with Gasteiger partial charge in [0.25, 0.3) is 0 Å². The van der Waals surface area contributed by atoms with Crippen LogP contribution in [0.1, 0.15) is 18.4 Å². The largest absolute Gasteiger partial charge is 0.369 e. The number of carbonyl (C=O) groups is 1. The molecule has 0 atom stereocenters. The zero-order valence-corrected chi connectivity index (χ0v) is 16.5. The molecule has 0 radical (unpaired) electrons. The van der Waals surface area contributed by atoms with Gasteiger partial charge in [-0.1, -0.05) is 48.0 Å². The van der Waals surface area contributed by atoms with Crippen LogP contribution < -0.4 is 10.2 Å². The van der Waals surface area contributed by atoms with Gasteiger partial charge in [-0.2, -0.15) is 0 Å². The van der Waals surface area contributed by atoms with Crippen molar-refractivity contribution in [2.75, 3.05) is 44.2 Å². The van der Waals surface area contributed by atoms with E-state index in [0.29, 0.717) is 12.8 Å². The maximum atomic E-state index is 12.0. The molecule has 5 heteroatoms. The van der Waals surface area contributed by atoms with Gasteiger partial charge >= 0.3 is 0 Å². The molecular weight excluding hydrogens is 358 g/mol. The van der Waals surface area contributed by atoms with Gasteiger partial charge in [-0.05, 0) is 43.1 Å². The van der Waals surface area contributed by atoms with Crippen LogP contribution in [-0.2, 0) is 11.2 Å². The Morgan fingerprint density at radius 2 is 1.67 bits per heavy atom. The van der Waals surface area contributed by atoms with E-state index in [1.807, 2.05) is 24.3 Å². The van der Waals surface area contributed by atoms with Gasteiger partial charge in [0.15, 0.2) is 0 Å². The van der Waals surface area contributed by atoms with Crippen molar-refractivity contribution in [2.45, 2.75) is 19.3 Å². The van der Waals surface area contributed by atoms with E-state index < -0.39 is 0 Å². The highest BCUT2D eigenvalue weighted by molar-refractivity contribution is 6.31. The predicted octanol–water partition coefficient (Wildman–Crippen LogP) is 3.60. The summed E-state index contributed by atoms with van der Waals surface area (Å²) in [5, 5.41) is 3.76. The average Bonchev–Trinajstić information content (AvgIpc) is 2.72. The number of nitrogens with zero attached hydrogens (tertiary/aromatic N) is 2. The maximum absolute atomic E-state index is 12.0. The fraction of sp³-hybridized carbons (Fsp3) is 0.409. The molecule has 144 valence electrons. The zero-order valence-electron chi connectivity index (χ0n) is 15.7. The van der Waals surface area contributed by atoms with Crippen LogP contribution in [0, 0.1) is 0 Å². The minimum absolute atomic E-state index is 0.101. The Morgan fingerprint density at radius 3 is 2.41 bits per heavy atom. The third kappa shape index (κ3) is 6.26. The Bertz CT molecular complexity index is 715. The van der Waals surface area contributed by atoms with Crippen LogP contribution in [0.4, 0.5) is 5.69 Å². The second-order valence-electron chi connectivity index (χ2n) is 6.96. The van der Waals surface area contributed by atoms with Gasteiger partial charge in [-0.25, -0.2) is 0 Å². The highest BCUT2D eigenvalue weighted by atomic mass is 35.5. The molecule has 2 aromatic carbocycles. The molecule has 0 bridgehead atoms. The van der Waals surface area contributed by atoms with Crippen molar-refractivity contribution in [3.05, 3.63) is 65.2 Å². The molecule has 4 nitrogen and oxygen atoms in total. The van der Waals surface area contributed by atoms with Crippen LogP contribution in [0.5, 0.6) is 0 Å². The molecule has 0 aromatic heterocycles. The normalized spacial score (nSPS) is 14.9. The summed E-state index contributed by atoms with van der Waals surface area (Å²) in [6.45, 7) is 6.06. The second kappa shape index (κ2) is 10.3. The summed E-state index contributed by atoms with van der Waals surface area (Å²) in [5.74, 6) is 0.101. The highest BCUT2D eigenvalue weighted by Crippen LogP contribution is 2.17. The van der Waals surface area contributed by atoms with Crippen molar-refractivity contribution in [3.63, 3.8) is 0 Å². The first kappa shape index (κ1) is 19.7. The van der Waals surface area contributed by atoms with Gasteiger partial charge < -0.3 is 10.2 Å². The summed E-state index contributed by atoms with van der Waals surface area (Å²) in [6, 6.07) is 18.3. The molecule has 0 aliphatic carbocycles. The molecule has 1 saturated heterocycles. The molecule has 27 heavy (non-hydrogen) atoms. The lowest BCUT2D eigenvalue weighted by molar-refractivity contribution is -0.121. The van der Waals surface area contributed by atoms with Crippen molar-refractivity contribution in [2.24, 2.45) is 0 Å². The molecule has 1 fully saturated rings. The molecule has 1 N–H and O–H groups in total. The molecule has 2 aromatic rings. The van der Waals surface area contributed by atoms with E-state index in [1.165, 1.54) is 5.69 Å². The lowest BCUT2D eigenvalue weighted by Crippen LogP contribution is -2.47. The number of anilines is 1. The van der Waals surface area contributed by atoms with Crippen molar-refractivity contribution < 1.29 is 4.79 Å². The first-order chi connectivity index (χ1) is 13.2. The van der Waals surface area contributed by atoms with Crippen molar-refractivity contribution in [1.29, 1.82) is 0 Å². The number of benzene rings is 2. The summed E-state index contributed by atoms with van der Waals surface area (Å²) < 4.78 is 0. The van der Waals surface area contributed by atoms with Crippen LogP contribution in [0.2, 0.25) is 5.02 Å². The Labute approximate surface area is 167 Å². The number of hydrogen-bond acceptors (Lipinski definition) is 3. The van der Waals surface area contributed by atoms with Crippen molar-refractivity contribution in [3.8, 4) is 0 Å². The van der Waals surface area contributed by atoms with Crippen molar-refractivity contribution in [1.82, 2.24) is 10.2 Å². The molecule has 0 saturated carbocycles. The first-order valence-corrected chi connectivity index (χ1v) is 10.1. The predicted molar refractivity (Wildman–Crippen MR) is 112 cm³/mol. The fourth-order valence-electron chi connectivity index (χ4n) is 3.44. The summed E-state index contributed by atoms with van der Waals surface area (Å²) >= 11 is 6.13. The lowest BCUT2D eigenvalue weighted by Gasteiger charge is -2.36. The lowest BCUT2D eigenvalue weighted by atomic mass is 10.1. The molecule has 0 spiro atoms. The summed E-state index contributed by atoms with van der Waals surface area (Å²) in [5.41, 5.74) is 2.34. The molecule has 1 heterocycles. The van der Waals surface area contributed by atoms with Crippen LogP contribution in [0.3, 0.4) is 0 Å². The standard InChI is InChI=1S/C22H28ClN3O/c23-21-10-5-4-7-19(21)11-12-22(27)24-13-6-14-25-15-17-26(18-16-25)20-8-2-1-3-9-20/h1-5,7-10H,6,11-18H2,(H,24,27). The van der Waals surface area contributed by atoms with Gasteiger partial charge in [0.2, 0.25) is 5.91 Å². The van der Waals surface area contributed by atoms with E-state index in [0.717, 1.165) is 56.3 Å². The number of piperazine rings is 1. The Kier molecular flexibility index (Phi) is 7.55. The minimum atomic E-state index is 0.101. The number of amides is 1. The highest BCUT2D eigenvalue weighted by Gasteiger charge is 2.16. The molecular formula is C22H28ClN3O. The van der Waals surface area contributed by atoms with E-state index >= 15 is 0 Å². The molecule has 0 unspecified atom stereocenters. The number of nitrogens with one attached hydrogen (secondary N) is 1. The minimum Gasteiger partial charge on any atom is -0.369 e. The third-order valence-electron chi connectivity index (χ3n) is 5.05. The second-order valence-corrected chi connectivity index (χ2v) is 7.37. The van der Waals surface area contributed by atoms with Gasteiger partial charge in [0.1, 0.15) is 0 Å². The smallest absolute Gasteiger partial charge is 0.220 e. The Hall–Kier alpha value is -2.04. The topological polar surface area (TPSA) is 35.6 Å². The summed E-state index contributed by atoms with van der Waals surface area (Å²) in [4.78, 5) is 16.9. The first-order valence-electron chi connectivity index (χ1n) is 9.75. The SMILES string of the molecule is O=C(CCc1ccccc1Cl)NCCCN1CCN(c2ccccc2)CC1. The van der Waals surface area contributed by atoms with Gasteiger partial charge in [-0.15, -0.1) is 0 Å². The molecule has 1 aliphatic rings. The van der Waals surface area contributed by atoms with E-state index in [2.05, 4.69) is 45.4 Å². The Balaban J connectivity index is 1.27. The number of carbonyl (C=O) groups excluding carboxylic acids is 1. The van der Waals surface area contributed by atoms with Crippen LogP contribution >= 0.6 is 11.6 Å². The monoisotopic (exact) mass is 385 g/mol. The molecule has 3 rings (SSSR count). The van der Waals surface area contributed by atoms with Crippen LogP contribution in [-0.4, -0.2) is 50.1 Å². The number of para-hydroxylation sites is 1. The number of hydrogen-bond donors (Lipinski definition) is 1. The fourth-order valence-corrected chi connectivity index (χ4v) is 3.67. The molecule has 1 amide bonds. The number of halogens is 1. The van der Waals surface area contributed by atoms with Crippen LogP contribution in [0.25, 0.3) is 0 Å². The summed E-state index contributed by atoms with van der Waals surface area (Å²) in [7, 11) is 0. The summed E-state index contributed by atoms with van der Waals surface area (Å²) in [6.07, 6.45) is 2.16. The Morgan fingerprint density at radius 1 is 0.963 bits per heavy atom. The molecule has 1 aliphatic heterocycles. The van der Waals surface area contributed by atoms with Crippen LogP contribution in [0.15, 0.2) is 54.6 Å². The van der Waals surface area contributed by atoms with Gasteiger partial charge in [0, 0.05) is 49.9 Å². The van der Waals surface area contributed by atoms with Crippen molar-refractivity contribution >= 4 is 23.2 Å².